The Morgan fingerprint density at radius 3 is 3.00 bits per heavy atom. The molecule has 2 aromatic rings. The van der Waals surface area contributed by atoms with Crippen LogP contribution in [0.25, 0.3) is 10.9 Å². The van der Waals surface area contributed by atoms with Gasteiger partial charge < -0.3 is 10.3 Å². The number of carbonyl (C=O) groups is 1. The summed E-state index contributed by atoms with van der Waals surface area (Å²) in [6.45, 7) is 2.15. The maximum absolute atomic E-state index is 12.3. The molecular formula is C16H19N3O. The van der Waals surface area contributed by atoms with Crippen LogP contribution in [0.3, 0.4) is 0 Å². The Kier molecular flexibility index (Phi) is 2.77. The fraction of sp³-hybridized carbons (Fsp3) is 0.438. The van der Waals surface area contributed by atoms with Gasteiger partial charge in [0, 0.05) is 47.8 Å². The molecule has 1 unspecified atom stereocenters. The highest BCUT2D eigenvalue weighted by molar-refractivity contribution is 5.98. The summed E-state index contributed by atoms with van der Waals surface area (Å²) in [7, 11) is 0. The molecule has 1 saturated carbocycles. The number of hydrogen-bond donors (Lipinski definition) is 2. The van der Waals surface area contributed by atoms with Crippen LogP contribution in [-0.2, 0) is 0 Å². The minimum atomic E-state index is 0.0516. The highest BCUT2D eigenvalue weighted by Gasteiger charge is 2.34. The molecule has 20 heavy (non-hydrogen) atoms. The SMILES string of the molecule is O=C(NC1CCN(C2CC2)C1)c1ccc2[nH]ccc2c1. The van der Waals surface area contributed by atoms with Gasteiger partial charge in [-0.2, -0.15) is 0 Å². The maximum atomic E-state index is 12.3. The number of carbonyl (C=O) groups excluding carboxylic acids is 1. The summed E-state index contributed by atoms with van der Waals surface area (Å²) < 4.78 is 0. The Bertz CT molecular complexity index is 644. The van der Waals surface area contributed by atoms with E-state index in [1.54, 1.807) is 0 Å². The molecule has 2 N–H and O–H groups in total. The van der Waals surface area contributed by atoms with Crippen LogP contribution in [0, 0.1) is 0 Å². The molecule has 104 valence electrons. The van der Waals surface area contributed by atoms with E-state index in [-0.39, 0.29) is 5.91 Å². The maximum Gasteiger partial charge on any atom is 0.251 e. The predicted octanol–water partition coefficient (Wildman–Crippen LogP) is 2.13. The first-order valence-electron chi connectivity index (χ1n) is 7.42. The fourth-order valence-electron chi connectivity index (χ4n) is 3.14. The number of benzene rings is 1. The first-order chi connectivity index (χ1) is 9.79. The summed E-state index contributed by atoms with van der Waals surface area (Å²) in [5, 5.41) is 4.26. The lowest BCUT2D eigenvalue weighted by molar-refractivity contribution is 0.0937. The number of aromatic amines is 1. The Hall–Kier alpha value is -1.81. The van der Waals surface area contributed by atoms with Crippen molar-refractivity contribution in [3.63, 3.8) is 0 Å². The van der Waals surface area contributed by atoms with Crippen LogP contribution in [0.2, 0.25) is 0 Å². The monoisotopic (exact) mass is 269 g/mol. The van der Waals surface area contributed by atoms with Gasteiger partial charge >= 0.3 is 0 Å². The third kappa shape index (κ3) is 2.20. The van der Waals surface area contributed by atoms with Crippen molar-refractivity contribution in [2.75, 3.05) is 13.1 Å². The van der Waals surface area contributed by atoms with Crippen LogP contribution in [0.4, 0.5) is 0 Å². The standard InChI is InChI=1S/C16H19N3O/c20-16(12-1-4-15-11(9-12)5-7-17-15)18-13-6-8-19(10-13)14-2-3-14/h1,4-5,7,9,13-14,17H,2-3,6,8,10H2,(H,18,20). The molecule has 4 nitrogen and oxygen atoms in total. The Balaban J connectivity index is 1.44. The van der Waals surface area contributed by atoms with Crippen LogP contribution in [-0.4, -0.2) is 41.0 Å². The average Bonchev–Trinajstić information content (AvgIpc) is 3.02. The summed E-state index contributed by atoms with van der Waals surface area (Å²) in [5.74, 6) is 0.0516. The normalized spacial score (nSPS) is 23.3. The number of H-pyrrole nitrogens is 1. The second kappa shape index (κ2) is 4.63. The van der Waals surface area contributed by atoms with Crippen molar-refractivity contribution >= 4 is 16.8 Å². The van der Waals surface area contributed by atoms with Gasteiger partial charge in [0.05, 0.1) is 0 Å². The number of likely N-dealkylation sites (tertiary alicyclic amines) is 1. The summed E-state index contributed by atoms with van der Waals surface area (Å²) in [6, 6.07) is 8.92. The molecule has 1 amide bonds. The van der Waals surface area contributed by atoms with E-state index in [1.807, 2.05) is 30.5 Å². The number of nitrogens with zero attached hydrogens (tertiary/aromatic N) is 1. The van der Waals surface area contributed by atoms with Gasteiger partial charge in [-0.1, -0.05) is 0 Å². The fourth-order valence-corrected chi connectivity index (χ4v) is 3.14. The van der Waals surface area contributed by atoms with E-state index in [0.29, 0.717) is 6.04 Å². The second-order valence-corrected chi connectivity index (χ2v) is 5.96. The zero-order valence-corrected chi connectivity index (χ0v) is 11.4. The molecule has 1 aliphatic heterocycles. The number of aromatic nitrogens is 1. The minimum Gasteiger partial charge on any atom is -0.361 e. The molecule has 4 heteroatoms. The molecule has 4 rings (SSSR count). The van der Waals surface area contributed by atoms with Crippen molar-refractivity contribution in [2.45, 2.75) is 31.3 Å². The van der Waals surface area contributed by atoms with Crippen molar-refractivity contribution in [3.8, 4) is 0 Å². The molecule has 1 aromatic carbocycles. The smallest absolute Gasteiger partial charge is 0.251 e. The molecule has 1 atom stereocenters. The van der Waals surface area contributed by atoms with Crippen LogP contribution in [0.15, 0.2) is 30.5 Å². The van der Waals surface area contributed by atoms with Gasteiger partial charge in [0.1, 0.15) is 0 Å². The highest BCUT2D eigenvalue weighted by atomic mass is 16.1. The Labute approximate surface area is 118 Å². The summed E-state index contributed by atoms with van der Waals surface area (Å²) in [4.78, 5) is 18.0. The van der Waals surface area contributed by atoms with Gasteiger partial charge in [-0.05, 0) is 43.5 Å². The van der Waals surface area contributed by atoms with Crippen molar-refractivity contribution in [3.05, 3.63) is 36.0 Å². The third-order valence-electron chi connectivity index (χ3n) is 4.43. The minimum absolute atomic E-state index is 0.0516. The summed E-state index contributed by atoms with van der Waals surface area (Å²) in [5.41, 5.74) is 1.82. The molecule has 2 aliphatic rings. The first-order valence-corrected chi connectivity index (χ1v) is 7.42. The van der Waals surface area contributed by atoms with E-state index in [0.717, 1.165) is 42.0 Å². The lowest BCUT2D eigenvalue weighted by atomic mass is 10.1. The molecule has 1 saturated heterocycles. The van der Waals surface area contributed by atoms with Crippen LogP contribution in [0.1, 0.15) is 29.6 Å². The van der Waals surface area contributed by atoms with E-state index < -0.39 is 0 Å². The number of rotatable bonds is 3. The predicted molar refractivity (Wildman–Crippen MR) is 78.8 cm³/mol. The van der Waals surface area contributed by atoms with Crippen molar-refractivity contribution < 1.29 is 4.79 Å². The van der Waals surface area contributed by atoms with Crippen LogP contribution in [0.5, 0.6) is 0 Å². The lowest BCUT2D eigenvalue weighted by Gasteiger charge is -2.15. The Morgan fingerprint density at radius 1 is 1.25 bits per heavy atom. The quantitative estimate of drug-likeness (QED) is 0.897. The van der Waals surface area contributed by atoms with E-state index >= 15 is 0 Å². The molecule has 0 bridgehead atoms. The van der Waals surface area contributed by atoms with Crippen LogP contribution < -0.4 is 5.32 Å². The third-order valence-corrected chi connectivity index (χ3v) is 4.43. The number of fused-ring (bicyclic) bond motifs is 1. The largest absolute Gasteiger partial charge is 0.361 e. The van der Waals surface area contributed by atoms with Crippen molar-refractivity contribution in [2.24, 2.45) is 0 Å². The number of hydrogen-bond acceptors (Lipinski definition) is 2. The van der Waals surface area contributed by atoms with Crippen LogP contribution >= 0.6 is 0 Å². The van der Waals surface area contributed by atoms with Gasteiger partial charge in [0.25, 0.3) is 5.91 Å². The van der Waals surface area contributed by atoms with Crippen molar-refractivity contribution in [1.82, 2.24) is 15.2 Å². The van der Waals surface area contributed by atoms with E-state index in [4.69, 9.17) is 0 Å². The van der Waals surface area contributed by atoms with Gasteiger partial charge in [0.2, 0.25) is 0 Å². The number of amides is 1. The van der Waals surface area contributed by atoms with Gasteiger partial charge in [-0.3, -0.25) is 9.69 Å². The average molecular weight is 269 g/mol. The molecule has 1 aliphatic carbocycles. The molecule has 2 fully saturated rings. The van der Waals surface area contributed by atoms with E-state index in [9.17, 15) is 4.79 Å². The zero-order chi connectivity index (χ0) is 13.5. The number of nitrogens with one attached hydrogen (secondary N) is 2. The highest BCUT2D eigenvalue weighted by Crippen LogP contribution is 2.29. The lowest BCUT2D eigenvalue weighted by Crippen LogP contribution is -2.37. The molecule has 1 aromatic heterocycles. The van der Waals surface area contributed by atoms with E-state index in [2.05, 4.69) is 15.2 Å². The van der Waals surface area contributed by atoms with Gasteiger partial charge in [-0.15, -0.1) is 0 Å². The molecule has 0 radical (unpaired) electrons. The van der Waals surface area contributed by atoms with E-state index in [1.165, 1.54) is 12.8 Å². The molecule has 2 heterocycles. The van der Waals surface area contributed by atoms with Gasteiger partial charge in [0.15, 0.2) is 0 Å². The topological polar surface area (TPSA) is 48.1 Å². The second-order valence-electron chi connectivity index (χ2n) is 5.96. The summed E-state index contributed by atoms with van der Waals surface area (Å²) in [6.07, 6.45) is 5.65. The molecular weight excluding hydrogens is 250 g/mol. The summed E-state index contributed by atoms with van der Waals surface area (Å²) >= 11 is 0. The first kappa shape index (κ1) is 12.0. The van der Waals surface area contributed by atoms with Crippen molar-refractivity contribution in [1.29, 1.82) is 0 Å². The zero-order valence-electron chi connectivity index (χ0n) is 11.4. The molecule has 0 spiro atoms. The Morgan fingerprint density at radius 2 is 2.15 bits per heavy atom. The van der Waals surface area contributed by atoms with Gasteiger partial charge in [-0.25, -0.2) is 0 Å².